The van der Waals surface area contributed by atoms with Gasteiger partial charge in [0.15, 0.2) is 5.60 Å². The maximum absolute atomic E-state index is 13.6. The van der Waals surface area contributed by atoms with Gasteiger partial charge in [0, 0.05) is 74.8 Å². The normalized spacial score (nSPS) is 22.2. The highest BCUT2D eigenvalue weighted by Gasteiger charge is 2.59. The van der Waals surface area contributed by atoms with Gasteiger partial charge in [-0.15, -0.1) is 0 Å². The van der Waals surface area contributed by atoms with E-state index in [1.807, 2.05) is 80.5 Å². The maximum Gasteiger partial charge on any atom is 0.340 e. The summed E-state index contributed by atoms with van der Waals surface area (Å²) >= 11 is 0. The molecule has 0 radical (unpaired) electrons. The first kappa shape index (κ1) is 25.2. The van der Waals surface area contributed by atoms with Gasteiger partial charge < -0.3 is 24.6 Å². The van der Waals surface area contributed by atoms with Crippen molar-refractivity contribution in [3.63, 3.8) is 0 Å². The largest absolute Gasteiger partial charge is 0.485 e. The Morgan fingerprint density at radius 3 is 2.71 bits per heavy atom. The molecule has 0 bridgehead atoms. The molecule has 1 spiro atoms. The summed E-state index contributed by atoms with van der Waals surface area (Å²) in [5.41, 5.74) is 11.1. The van der Waals surface area contributed by atoms with E-state index in [2.05, 4.69) is 15.3 Å². The molecule has 0 fully saturated rings. The number of allylic oxidation sites excluding steroid dienone is 1. The third kappa shape index (κ3) is 4.03. The van der Waals surface area contributed by atoms with Crippen LogP contribution >= 0.6 is 0 Å². The van der Waals surface area contributed by atoms with Crippen molar-refractivity contribution in [2.24, 2.45) is 11.0 Å². The molecule has 2 aliphatic heterocycles. The van der Waals surface area contributed by atoms with Gasteiger partial charge in [0.2, 0.25) is 0 Å². The van der Waals surface area contributed by atoms with Crippen molar-refractivity contribution in [3.8, 4) is 5.75 Å². The van der Waals surface area contributed by atoms with Gasteiger partial charge in [-0.1, -0.05) is 23.3 Å². The number of nitrogens with one attached hydrogen (secondary N) is 1. The number of carbonyl (C=O) groups is 2. The van der Waals surface area contributed by atoms with Gasteiger partial charge in [0.25, 0.3) is 5.91 Å². The van der Waals surface area contributed by atoms with Crippen LogP contribution in [0.3, 0.4) is 0 Å². The summed E-state index contributed by atoms with van der Waals surface area (Å²) in [5, 5.41) is 6.31. The molecule has 2 aromatic rings. The highest BCUT2D eigenvalue weighted by atomic mass is 16.6. The molecule has 38 heavy (non-hydrogen) atoms. The van der Waals surface area contributed by atoms with Crippen LogP contribution in [0.1, 0.15) is 38.3 Å². The van der Waals surface area contributed by atoms with E-state index in [-0.39, 0.29) is 35.6 Å². The molecule has 2 aromatic carbocycles. The zero-order valence-electron chi connectivity index (χ0n) is 21.8. The topological polar surface area (TPSA) is 120 Å². The number of amides is 1. The number of anilines is 1. The molecule has 196 valence electrons. The van der Waals surface area contributed by atoms with Crippen molar-refractivity contribution in [3.05, 3.63) is 93.0 Å². The third-order valence-electron chi connectivity index (χ3n) is 7.24. The fourth-order valence-electron chi connectivity index (χ4n) is 5.39. The first-order valence-corrected chi connectivity index (χ1v) is 12.5. The smallest absolute Gasteiger partial charge is 0.340 e. The minimum Gasteiger partial charge on any atom is -0.485 e. The Morgan fingerprint density at radius 2 is 1.97 bits per heavy atom. The second-order valence-electron chi connectivity index (χ2n) is 9.95. The van der Waals surface area contributed by atoms with Crippen molar-refractivity contribution in [1.29, 1.82) is 0 Å². The van der Waals surface area contributed by atoms with Crippen LogP contribution in [-0.4, -0.2) is 64.2 Å². The summed E-state index contributed by atoms with van der Waals surface area (Å²) in [5.74, 6) is -0.622. The minimum absolute atomic E-state index is 0.256. The number of ether oxygens (including phenoxy) is 2. The number of likely N-dealkylation sites (N-methyl/N-ethyl adjacent to an activating group) is 1. The van der Waals surface area contributed by atoms with Crippen LogP contribution in [0.4, 0.5) is 5.69 Å². The monoisotopic (exact) mass is 514 g/mol. The van der Waals surface area contributed by atoms with Crippen LogP contribution in [-0.2, 0) is 10.3 Å². The number of benzene rings is 2. The second kappa shape index (κ2) is 9.79. The summed E-state index contributed by atoms with van der Waals surface area (Å²) in [6.45, 7) is 0.593. The Balaban J connectivity index is 1.62. The molecule has 10 heteroatoms. The lowest BCUT2D eigenvalue weighted by molar-refractivity contribution is -0.0421. The van der Waals surface area contributed by atoms with Crippen molar-refractivity contribution in [1.82, 2.24) is 10.2 Å². The lowest BCUT2D eigenvalue weighted by Gasteiger charge is -2.45. The Kier molecular flexibility index (Phi) is 6.50. The van der Waals surface area contributed by atoms with Gasteiger partial charge in [-0.25, -0.2) is 4.79 Å². The van der Waals surface area contributed by atoms with Crippen molar-refractivity contribution in [2.75, 3.05) is 46.2 Å². The summed E-state index contributed by atoms with van der Waals surface area (Å²) < 4.78 is 12.9. The van der Waals surface area contributed by atoms with Gasteiger partial charge in [0.05, 0.1) is 17.0 Å². The highest BCUT2D eigenvalue weighted by Crippen LogP contribution is 2.56. The summed E-state index contributed by atoms with van der Waals surface area (Å²) in [4.78, 5) is 33.4. The third-order valence-corrected chi connectivity index (χ3v) is 7.24. The molecule has 3 aliphatic rings. The molecular formula is C28H30N6O4. The standard InChI is InChI=1S/C28H30N6O4/c1-33(2)17-9-11-20-23(15-17)37-24-16-18(34(3)4)10-12-21(24)28(20)22-8-5-7-19(25(22)27(36)38-28)26(35)30-13-6-14-31-32-29/h5,7-12,15-16,20,23H,6,13-14H2,1-4H3,(H,30,35). The van der Waals surface area contributed by atoms with Gasteiger partial charge >= 0.3 is 5.97 Å². The molecule has 0 saturated heterocycles. The van der Waals surface area contributed by atoms with E-state index in [4.69, 9.17) is 15.0 Å². The van der Waals surface area contributed by atoms with Crippen molar-refractivity contribution >= 4 is 17.6 Å². The molecule has 0 aromatic heterocycles. The Hall–Kier alpha value is -4.43. The fraction of sp³-hybridized carbons (Fsp3) is 0.357. The van der Waals surface area contributed by atoms with Gasteiger partial charge in [-0.3, -0.25) is 4.79 Å². The van der Waals surface area contributed by atoms with Crippen LogP contribution in [0, 0.1) is 5.92 Å². The number of esters is 1. The molecular weight excluding hydrogens is 484 g/mol. The van der Waals surface area contributed by atoms with Crippen LogP contribution in [0.15, 0.2) is 65.4 Å². The van der Waals surface area contributed by atoms with Crippen LogP contribution in [0.2, 0.25) is 0 Å². The predicted molar refractivity (Wildman–Crippen MR) is 143 cm³/mol. The Bertz CT molecular complexity index is 1410. The molecule has 5 rings (SSSR count). The Labute approximate surface area is 221 Å². The van der Waals surface area contributed by atoms with E-state index < -0.39 is 11.6 Å². The molecule has 3 unspecified atom stereocenters. The summed E-state index contributed by atoms with van der Waals surface area (Å²) in [6, 6.07) is 11.2. The zero-order valence-corrected chi connectivity index (χ0v) is 21.8. The van der Waals surface area contributed by atoms with E-state index in [1.54, 1.807) is 12.1 Å². The van der Waals surface area contributed by atoms with E-state index >= 15 is 0 Å². The number of carbonyl (C=O) groups excluding carboxylic acids is 2. The van der Waals surface area contributed by atoms with E-state index in [0.717, 1.165) is 16.9 Å². The zero-order chi connectivity index (χ0) is 27.0. The summed E-state index contributed by atoms with van der Waals surface area (Å²) in [6.07, 6.45) is 6.20. The number of nitrogens with zero attached hydrogens (tertiary/aromatic N) is 5. The molecule has 0 saturated carbocycles. The van der Waals surface area contributed by atoms with Crippen LogP contribution in [0.25, 0.3) is 10.4 Å². The summed E-state index contributed by atoms with van der Waals surface area (Å²) in [7, 11) is 7.85. The SMILES string of the molecule is CN(C)C1=CC2Oc3cc(N(C)C)ccc3C3(OC(=O)c4c(C(=O)NCCCN=[N+]=[N-])cccc43)C2C=C1. The van der Waals surface area contributed by atoms with Gasteiger partial charge in [-0.05, 0) is 42.3 Å². The van der Waals surface area contributed by atoms with Crippen LogP contribution < -0.4 is 15.0 Å². The number of rotatable bonds is 7. The van der Waals surface area contributed by atoms with Crippen molar-refractivity contribution in [2.45, 2.75) is 18.1 Å². The molecule has 3 atom stereocenters. The molecule has 10 nitrogen and oxygen atoms in total. The lowest BCUT2D eigenvalue weighted by Crippen LogP contribution is -2.48. The predicted octanol–water partition coefficient (Wildman–Crippen LogP) is 3.99. The molecule has 1 aliphatic carbocycles. The van der Waals surface area contributed by atoms with E-state index in [9.17, 15) is 9.59 Å². The van der Waals surface area contributed by atoms with E-state index in [0.29, 0.717) is 24.3 Å². The van der Waals surface area contributed by atoms with E-state index in [1.165, 1.54) is 0 Å². The number of azide groups is 1. The second-order valence-corrected chi connectivity index (χ2v) is 9.95. The minimum atomic E-state index is -1.15. The van der Waals surface area contributed by atoms with Crippen LogP contribution in [0.5, 0.6) is 5.75 Å². The quantitative estimate of drug-likeness (QED) is 0.196. The molecule has 1 N–H and O–H groups in total. The maximum atomic E-state index is 13.6. The number of hydrogen-bond acceptors (Lipinski definition) is 7. The fourth-order valence-corrected chi connectivity index (χ4v) is 5.39. The van der Waals surface area contributed by atoms with Gasteiger partial charge in [-0.2, -0.15) is 0 Å². The number of fused-ring (bicyclic) bond motifs is 6. The highest BCUT2D eigenvalue weighted by molar-refractivity contribution is 6.08. The average Bonchev–Trinajstić information content (AvgIpc) is 3.20. The number of hydrogen-bond donors (Lipinski definition) is 1. The Morgan fingerprint density at radius 1 is 1.16 bits per heavy atom. The first-order valence-electron chi connectivity index (χ1n) is 12.5. The van der Waals surface area contributed by atoms with Crippen molar-refractivity contribution < 1.29 is 19.1 Å². The average molecular weight is 515 g/mol. The van der Waals surface area contributed by atoms with Gasteiger partial charge in [0.1, 0.15) is 11.9 Å². The molecule has 2 heterocycles. The first-order chi connectivity index (χ1) is 18.3. The molecule has 1 amide bonds. The lowest BCUT2D eigenvalue weighted by atomic mass is 9.69.